The summed E-state index contributed by atoms with van der Waals surface area (Å²) < 4.78 is 0. The lowest BCUT2D eigenvalue weighted by Gasteiger charge is -2.12. The van der Waals surface area contributed by atoms with Crippen molar-refractivity contribution in [2.75, 3.05) is 18.9 Å². The van der Waals surface area contributed by atoms with Crippen LogP contribution in [0.3, 0.4) is 0 Å². The Morgan fingerprint density at radius 1 is 1.67 bits per heavy atom. The molecule has 2 nitrogen and oxygen atoms in total. The van der Waals surface area contributed by atoms with E-state index in [1.54, 1.807) is 11.3 Å². The highest BCUT2D eigenvalue weighted by molar-refractivity contribution is 9.09. The molecule has 0 amide bonds. The van der Waals surface area contributed by atoms with Crippen LogP contribution in [0.2, 0.25) is 0 Å². The average Bonchev–Trinajstić information content (AvgIpc) is 2.36. The SMILES string of the molecule is Cc1csc(CN(C)CCBr)n1. The molecule has 68 valence electrons. The summed E-state index contributed by atoms with van der Waals surface area (Å²) in [5.41, 5.74) is 1.13. The first-order valence-electron chi connectivity index (χ1n) is 3.88. The van der Waals surface area contributed by atoms with Gasteiger partial charge in [-0.2, -0.15) is 0 Å². The molecule has 1 aromatic rings. The van der Waals surface area contributed by atoms with Gasteiger partial charge < -0.3 is 0 Å². The van der Waals surface area contributed by atoms with Gasteiger partial charge in [0.15, 0.2) is 0 Å². The molecule has 0 N–H and O–H groups in total. The monoisotopic (exact) mass is 248 g/mol. The maximum Gasteiger partial charge on any atom is 0.107 e. The first-order chi connectivity index (χ1) is 5.72. The van der Waals surface area contributed by atoms with Crippen LogP contribution in [-0.4, -0.2) is 28.8 Å². The van der Waals surface area contributed by atoms with E-state index in [0.717, 1.165) is 24.1 Å². The zero-order valence-corrected chi connectivity index (χ0v) is 9.78. The number of thiazole rings is 1. The van der Waals surface area contributed by atoms with Gasteiger partial charge in [0.05, 0.1) is 6.54 Å². The molecule has 0 aromatic carbocycles. The molecule has 0 aliphatic carbocycles. The second-order valence-corrected chi connectivity index (χ2v) is 4.55. The molecule has 0 radical (unpaired) electrons. The van der Waals surface area contributed by atoms with Gasteiger partial charge in [0.2, 0.25) is 0 Å². The summed E-state index contributed by atoms with van der Waals surface area (Å²) in [6, 6.07) is 0. The minimum absolute atomic E-state index is 0.962. The molecule has 4 heteroatoms. The molecule has 0 atom stereocenters. The number of hydrogen-bond acceptors (Lipinski definition) is 3. The van der Waals surface area contributed by atoms with Crippen LogP contribution in [0.4, 0.5) is 0 Å². The van der Waals surface area contributed by atoms with E-state index in [4.69, 9.17) is 0 Å². The third-order valence-corrected chi connectivity index (χ3v) is 2.84. The van der Waals surface area contributed by atoms with E-state index in [1.807, 2.05) is 6.92 Å². The second-order valence-electron chi connectivity index (χ2n) is 2.81. The number of aryl methyl sites for hydroxylation is 1. The molecule has 0 saturated heterocycles. The van der Waals surface area contributed by atoms with E-state index in [0.29, 0.717) is 0 Å². The van der Waals surface area contributed by atoms with Crippen LogP contribution >= 0.6 is 27.3 Å². The first kappa shape index (κ1) is 10.2. The Balaban J connectivity index is 2.41. The highest BCUT2D eigenvalue weighted by Crippen LogP contribution is 2.10. The number of nitrogens with zero attached hydrogens (tertiary/aromatic N) is 2. The van der Waals surface area contributed by atoms with Crippen molar-refractivity contribution in [2.45, 2.75) is 13.5 Å². The average molecular weight is 249 g/mol. The van der Waals surface area contributed by atoms with Crippen LogP contribution in [0.1, 0.15) is 10.7 Å². The van der Waals surface area contributed by atoms with Gasteiger partial charge in [0.25, 0.3) is 0 Å². The quantitative estimate of drug-likeness (QED) is 0.761. The van der Waals surface area contributed by atoms with Crippen LogP contribution < -0.4 is 0 Å². The molecule has 0 saturated carbocycles. The Morgan fingerprint density at radius 3 is 2.92 bits per heavy atom. The smallest absolute Gasteiger partial charge is 0.107 e. The summed E-state index contributed by atoms with van der Waals surface area (Å²) in [4.78, 5) is 6.65. The van der Waals surface area contributed by atoms with Crippen LogP contribution in [-0.2, 0) is 6.54 Å². The molecule has 0 aliphatic heterocycles. The fourth-order valence-corrected chi connectivity index (χ4v) is 2.39. The predicted octanol–water partition coefficient (Wildman–Crippen LogP) is 2.28. The van der Waals surface area contributed by atoms with Crippen molar-refractivity contribution in [1.82, 2.24) is 9.88 Å². The van der Waals surface area contributed by atoms with Gasteiger partial charge in [-0.3, -0.25) is 4.90 Å². The van der Waals surface area contributed by atoms with Gasteiger partial charge >= 0.3 is 0 Å². The number of rotatable bonds is 4. The Kier molecular flexibility index (Phi) is 4.18. The van der Waals surface area contributed by atoms with Gasteiger partial charge in [-0.1, -0.05) is 15.9 Å². The molecule has 1 aromatic heterocycles. The molecule has 0 spiro atoms. The van der Waals surface area contributed by atoms with Gasteiger partial charge in [0, 0.05) is 22.9 Å². The lowest BCUT2D eigenvalue weighted by Crippen LogP contribution is -2.19. The van der Waals surface area contributed by atoms with Crippen molar-refractivity contribution in [3.8, 4) is 0 Å². The standard InChI is InChI=1S/C8H13BrN2S/c1-7-6-12-8(10-7)5-11(2)4-3-9/h6H,3-5H2,1-2H3. The topological polar surface area (TPSA) is 16.1 Å². The molecular formula is C8H13BrN2S. The van der Waals surface area contributed by atoms with Crippen molar-refractivity contribution in [3.05, 3.63) is 16.1 Å². The van der Waals surface area contributed by atoms with E-state index in [2.05, 4.69) is 38.2 Å². The third-order valence-electron chi connectivity index (χ3n) is 1.54. The summed E-state index contributed by atoms with van der Waals surface area (Å²) in [6.07, 6.45) is 0. The largest absolute Gasteiger partial charge is 0.299 e. The fraction of sp³-hybridized carbons (Fsp3) is 0.625. The van der Waals surface area contributed by atoms with E-state index < -0.39 is 0 Å². The Morgan fingerprint density at radius 2 is 2.42 bits per heavy atom. The second kappa shape index (κ2) is 4.94. The molecule has 1 rings (SSSR count). The molecule has 1 heterocycles. The van der Waals surface area contributed by atoms with Crippen LogP contribution in [0, 0.1) is 6.92 Å². The maximum atomic E-state index is 4.39. The van der Waals surface area contributed by atoms with Crippen molar-refractivity contribution < 1.29 is 0 Å². The van der Waals surface area contributed by atoms with E-state index >= 15 is 0 Å². The van der Waals surface area contributed by atoms with E-state index in [9.17, 15) is 0 Å². The van der Waals surface area contributed by atoms with E-state index in [1.165, 1.54) is 5.01 Å². The minimum atomic E-state index is 0.962. The summed E-state index contributed by atoms with van der Waals surface area (Å²) in [7, 11) is 2.11. The number of hydrogen-bond donors (Lipinski definition) is 0. The zero-order valence-electron chi connectivity index (χ0n) is 7.38. The van der Waals surface area contributed by atoms with Crippen molar-refractivity contribution in [1.29, 1.82) is 0 Å². The maximum absolute atomic E-state index is 4.39. The van der Waals surface area contributed by atoms with Crippen LogP contribution in [0.25, 0.3) is 0 Å². The first-order valence-corrected chi connectivity index (χ1v) is 5.88. The Labute approximate surface area is 85.7 Å². The molecule has 0 fully saturated rings. The summed E-state index contributed by atoms with van der Waals surface area (Å²) in [5, 5.41) is 4.32. The molecule has 12 heavy (non-hydrogen) atoms. The fourth-order valence-electron chi connectivity index (χ4n) is 0.930. The lowest BCUT2D eigenvalue weighted by molar-refractivity contribution is 0.349. The van der Waals surface area contributed by atoms with Crippen molar-refractivity contribution >= 4 is 27.3 Å². The number of halogens is 1. The van der Waals surface area contributed by atoms with Crippen molar-refractivity contribution in [3.63, 3.8) is 0 Å². The van der Waals surface area contributed by atoms with Gasteiger partial charge in [-0.25, -0.2) is 4.98 Å². The number of alkyl halides is 1. The Bertz CT molecular complexity index is 237. The normalized spacial score (nSPS) is 11.0. The highest BCUT2D eigenvalue weighted by atomic mass is 79.9. The van der Waals surface area contributed by atoms with Crippen molar-refractivity contribution in [2.24, 2.45) is 0 Å². The molecular weight excluding hydrogens is 236 g/mol. The predicted molar refractivity (Wildman–Crippen MR) is 57.0 cm³/mol. The van der Waals surface area contributed by atoms with Crippen LogP contribution in [0.15, 0.2) is 5.38 Å². The van der Waals surface area contributed by atoms with Gasteiger partial charge in [-0.15, -0.1) is 11.3 Å². The summed E-state index contributed by atoms with van der Waals surface area (Å²) in [5.74, 6) is 0. The van der Waals surface area contributed by atoms with Crippen LogP contribution in [0.5, 0.6) is 0 Å². The molecule has 0 aliphatic rings. The summed E-state index contributed by atoms with van der Waals surface area (Å²) in [6.45, 7) is 4.06. The zero-order chi connectivity index (χ0) is 8.97. The molecule has 0 bridgehead atoms. The molecule has 0 unspecified atom stereocenters. The minimum Gasteiger partial charge on any atom is -0.299 e. The van der Waals surface area contributed by atoms with Gasteiger partial charge in [0.1, 0.15) is 5.01 Å². The van der Waals surface area contributed by atoms with Gasteiger partial charge in [-0.05, 0) is 14.0 Å². The highest BCUT2D eigenvalue weighted by Gasteiger charge is 2.02. The lowest BCUT2D eigenvalue weighted by atomic mass is 10.5. The number of aromatic nitrogens is 1. The summed E-state index contributed by atoms with van der Waals surface area (Å²) >= 11 is 5.15. The third kappa shape index (κ3) is 3.21. The van der Waals surface area contributed by atoms with E-state index in [-0.39, 0.29) is 0 Å². The Hall–Kier alpha value is 0.0700.